The number of hydrogen-bond acceptors (Lipinski definition) is 8. The van der Waals surface area contributed by atoms with E-state index in [2.05, 4.69) is 75.7 Å². The van der Waals surface area contributed by atoms with Crippen molar-refractivity contribution in [1.29, 1.82) is 0 Å². The van der Waals surface area contributed by atoms with Crippen LogP contribution in [-0.2, 0) is 12.0 Å². The highest BCUT2D eigenvalue weighted by atomic mass is 16.5. The van der Waals surface area contributed by atoms with Crippen LogP contribution < -0.4 is 19.1 Å². The number of methoxy groups -OCH3 is 3. The van der Waals surface area contributed by atoms with Gasteiger partial charge in [0.2, 0.25) is 11.7 Å². The van der Waals surface area contributed by atoms with Crippen molar-refractivity contribution < 1.29 is 19.0 Å². The average Bonchev–Trinajstić information content (AvgIpc) is 3.64. The van der Waals surface area contributed by atoms with Gasteiger partial charge in [0.15, 0.2) is 11.5 Å². The van der Waals surface area contributed by atoms with Gasteiger partial charge < -0.3 is 33.5 Å². The summed E-state index contributed by atoms with van der Waals surface area (Å²) in [6.45, 7) is 11.3. The van der Waals surface area contributed by atoms with Crippen molar-refractivity contribution in [1.82, 2.24) is 24.3 Å². The van der Waals surface area contributed by atoms with E-state index in [0.717, 1.165) is 70.0 Å². The van der Waals surface area contributed by atoms with Gasteiger partial charge in [0.05, 0.1) is 32.4 Å². The van der Waals surface area contributed by atoms with Crippen molar-refractivity contribution in [2.24, 2.45) is 0 Å². The molecule has 2 fully saturated rings. The second kappa shape index (κ2) is 14.7. The largest absolute Gasteiger partial charge is 0.493 e. The van der Waals surface area contributed by atoms with Gasteiger partial charge in [0.1, 0.15) is 0 Å². The highest BCUT2D eigenvalue weighted by molar-refractivity contribution is 5.96. The van der Waals surface area contributed by atoms with Crippen LogP contribution in [0.15, 0.2) is 72.6 Å². The fraction of sp³-hybridized carbons (Fsp3) is 0.447. The Morgan fingerprint density at radius 1 is 0.917 bits per heavy atom. The molecule has 2 saturated heterocycles. The van der Waals surface area contributed by atoms with Crippen molar-refractivity contribution in [2.75, 3.05) is 72.0 Å². The number of carbonyl (C=O) groups excluding carboxylic acids is 1. The first-order valence-corrected chi connectivity index (χ1v) is 16.9. The van der Waals surface area contributed by atoms with E-state index < -0.39 is 0 Å². The van der Waals surface area contributed by atoms with Crippen molar-refractivity contribution in [3.8, 4) is 17.2 Å². The Balaban J connectivity index is 1.17. The molecule has 2 aromatic heterocycles. The molecule has 254 valence electrons. The molecule has 2 aliphatic rings. The Morgan fingerprint density at radius 2 is 1.67 bits per heavy atom. The molecule has 1 atom stereocenters. The van der Waals surface area contributed by atoms with Crippen LogP contribution in [0.2, 0.25) is 0 Å². The van der Waals surface area contributed by atoms with Gasteiger partial charge >= 0.3 is 0 Å². The fourth-order valence-corrected chi connectivity index (χ4v) is 7.25. The smallest absolute Gasteiger partial charge is 0.254 e. The van der Waals surface area contributed by atoms with Crippen LogP contribution in [0.1, 0.15) is 49.0 Å². The molecule has 1 amide bonds. The number of nitrogens with zero attached hydrogens (tertiary/aromatic N) is 6. The van der Waals surface area contributed by atoms with Crippen LogP contribution in [0.4, 0.5) is 5.95 Å². The maximum atomic E-state index is 13.9. The number of hydrogen-bond donors (Lipinski definition) is 0. The zero-order valence-corrected chi connectivity index (χ0v) is 28.9. The summed E-state index contributed by atoms with van der Waals surface area (Å²) in [4.78, 5) is 30.4. The maximum Gasteiger partial charge on any atom is 0.254 e. The molecule has 0 radical (unpaired) electrons. The van der Waals surface area contributed by atoms with E-state index in [1.807, 2.05) is 17.3 Å². The van der Waals surface area contributed by atoms with Crippen LogP contribution >= 0.6 is 0 Å². The monoisotopic (exact) mass is 652 g/mol. The minimum Gasteiger partial charge on any atom is -0.493 e. The average molecular weight is 653 g/mol. The van der Waals surface area contributed by atoms with E-state index in [-0.39, 0.29) is 11.3 Å². The third-order valence-electron chi connectivity index (χ3n) is 9.94. The first kappa shape index (κ1) is 33.3. The SMILES string of the molecule is COc1cc(C(=O)N2CCC(CCN3CCCN(c4nc5ccccc5n4CC=C(C)C)CC3)(c3ccncc3)C2)cc(OC)c1OC. The molecule has 0 saturated carbocycles. The number of fused-ring (bicyclic) bond motifs is 1. The first-order valence-electron chi connectivity index (χ1n) is 16.9. The number of likely N-dealkylation sites (tertiary alicyclic amines) is 1. The summed E-state index contributed by atoms with van der Waals surface area (Å²) in [6, 6.07) is 16.2. The van der Waals surface area contributed by atoms with E-state index in [1.165, 1.54) is 16.7 Å². The Labute approximate surface area is 283 Å². The quantitative estimate of drug-likeness (QED) is 0.188. The Morgan fingerprint density at radius 3 is 2.38 bits per heavy atom. The Hall–Kier alpha value is -4.57. The fourth-order valence-electron chi connectivity index (χ4n) is 7.25. The minimum atomic E-state index is -0.163. The summed E-state index contributed by atoms with van der Waals surface area (Å²) >= 11 is 0. The molecular formula is C38H48N6O4. The normalized spacial score (nSPS) is 18.5. The van der Waals surface area contributed by atoms with Gasteiger partial charge in [-0.2, -0.15) is 0 Å². The topological polar surface area (TPSA) is 85.2 Å². The Bertz CT molecular complexity index is 1730. The number of benzene rings is 2. The van der Waals surface area contributed by atoms with Gasteiger partial charge in [-0.15, -0.1) is 0 Å². The van der Waals surface area contributed by atoms with E-state index in [4.69, 9.17) is 19.2 Å². The summed E-state index contributed by atoms with van der Waals surface area (Å²) in [7, 11) is 4.70. The molecule has 10 heteroatoms. The summed E-state index contributed by atoms with van der Waals surface area (Å²) in [6.07, 6.45) is 8.92. The molecule has 2 aromatic carbocycles. The lowest BCUT2D eigenvalue weighted by Crippen LogP contribution is -2.39. The van der Waals surface area contributed by atoms with E-state index >= 15 is 0 Å². The zero-order valence-electron chi connectivity index (χ0n) is 28.9. The van der Waals surface area contributed by atoms with Gasteiger partial charge in [-0.25, -0.2) is 4.98 Å². The maximum absolute atomic E-state index is 13.9. The summed E-state index contributed by atoms with van der Waals surface area (Å²) in [5, 5.41) is 0. The molecule has 0 aliphatic carbocycles. The number of amides is 1. The number of aromatic nitrogens is 3. The van der Waals surface area contributed by atoms with E-state index in [9.17, 15) is 4.79 Å². The molecule has 2 aliphatic heterocycles. The second-order valence-corrected chi connectivity index (χ2v) is 13.1. The number of anilines is 1. The zero-order chi connectivity index (χ0) is 33.7. The molecule has 0 spiro atoms. The molecule has 1 unspecified atom stereocenters. The van der Waals surface area contributed by atoms with Gasteiger partial charge in [-0.05, 0) is 88.2 Å². The molecule has 48 heavy (non-hydrogen) atoms. The van der Waals surface area contributed by atoms with Gasteiger partial charge in [0, 0.05) is 62.6 Å². The predicted molar refractivity (Wildman–Crippen MR) is 190 cm³/mol. The van der Waals surface area contributed by atoms with Gasteiger partial charge in [-0.1, -0.05) is 23.8 Å². The summed E-state index contributed by atoms with van der Waals surface area (Å²) < 4.78 is 18.9. The van der Waals surface area contributed by atoms with Crippen molar-refractivity contribution in [2.45, 2.75) is 45.1 Å². The molecule has 4 heterocycles. The van der Waals surface area contributed by atoms with Crippen LogP contribution in [0.3, 0.4) is 0 Å². The first-order chi connectivity index (χ1) is 23.4. The van der Waals surface area contributed by atoms with Gasteiger partial charge in [-0.3, -0.25) is 9.78 Å². The van der Waals surface area contributed by atoms with Crippen LogP contribution in [0.5, 0.6) is 17.2 Å². The number of pyridine rings is 1. The highest BCUT2D eigenvalue weighted by Crippen LogP contribution is 2.41. The van der Waals surface area contributed by atoms with E-state index in [1.54, 1.807) is 33.5 Å². The lowest BCUT2D eigenvalue weighted by molar-refractivity contribution is 0.0780. The molecule has 0 N–H and O–H groups in total. The number of imidazole rings is 1. The lowest BCUT2D eigenvalue weighted by atomic mass is 9.77. The number of para-hydroxylation sites is 2. The van der Waals surface area contributed by atoms with Crippen molar-refractivity contribution in [3.05, 3.63) is 83.7 Å². The third-order valence-corrected chi connectivity index (χ3v) is 9.94. The van der Waals surface area contributed by atoms with Crippen LogP contribution in [0.25, 0.3) is 11.0 Å². The van der Waals surface area contributed by atoms with Crippen molar-refractivity contribution >= 4 is 22.9 Å². The van der Waals surface area contributed by atoms with Crippen LogP contribution in [-0.4, -0.2) is 97.4 Å². The number of carbonyl (C=O) groups is 1. The standard InChI is InChI=1S/C38H48N6O4/c1-28(2)13-20-44-32-10-7-6-9-31(32)40-37(44)42-19-8-18-41(23-24-42)21-14-38(30-11-16-39-17-12-30)15-22-43(27-38)36(45)29-25-33(46-3)35(48-5)34(26-29)47-4/h6-7,9-13,16-17,25-26H,8,14-15,18-24,27H2,1-5H3. The molecule has 10 nitrogen and oxygen atoms in total. The lowest BCUT2D eigenvalue weighted by Gasteiger charge is -2.33. The summed E-state index contributed by atoms with van der Waals surface area (Å²) in [5.41, 5.74) is 5.13. The Kier molecular flexibility index (Phi) is 10.2. The predicted octanol–water partition coefficient (Wildman–Crippen LogP) is 5.81. The van der Waals surface area contributed by atoms with Gasteiger partial charge in [0.25, 0.3) is 5.91 Å². The number of rotatable bonds is 11. The second-order valence-electron chi connectivity index (χ2n) is 13.1. The number of ether oxygens (including phenoxy) is 3. The van der Waals surface area contributed by atoms with Crippen LogP contribution in [0, 0.1) is 0 Å². The molecular weight excluding hydrogens is 604 g/mol. The summed E-state index contributed by atoms with van der Waals surface area (Å²) in [5.74, 6) is 2.45. The van der Waals surface area contributed by atoms with E-state index in [0.29, 0.717) is 35.9 Å². The number of allylic oxidation sites excluding steroid dienone is 2. The van der Waals surface area contributed by atoms with Crippen molar-refractivity contribution in [3.63, 3.8) is 0 Å². The molecule has 4 aromatic rings. The minimum absolute atomic E-state index is 0.0356. The molecule has 0 bridgehead atoms. The third kappa shape index (κ3) is 6.85. The molecule has 6 rings (SSSR count). The highest BCUT2D eigenvalue weighted by Gasteiger charge is 2.42.